The molecule has 0 amide bonds. The Balaban J connectivity index is 1.83. The minimum absolute atomic E-state index is 0.737. The van der Waals surface area contributed by atoms with Crippen molar-refractivity contribution in [2.24, 2.45) is 0 Å². The Morgan fingerprint density at radius 2 is 1.79 bits per heavy atom. The first-order chi connectivity index (χ1) is 11.5. The van der Waals surface area contributed by atoms with Gasteiger partial charge in [-0.05, 0) is 27.9 Å². The Kier molecular flexibility index (Phi) is 4.87. The lowest BCUT2D eigenvalue weighted by Crippen LogP contribution is -2.10. The SMILES string of the molecule is Cc1ccc(-c2cc(Nc3nc(CN(C)C)cs3)nc(C)n2)cc1. The summed E-state index contributed by atoms with van der Waals surface area (Å²) in [6, 6.07) is 10.3. The quantitative estimate of drug-likeness (QED) is 0.761. The van der Waals surface area contributed by atoms with E-state index in [0.29, 0.717) is 0 Å². The van der Waals surface area contributed by atoms with Crippen LogP contribution in [0.5, 0.6) is 0 Å². The van der Waals surface area contributed by atoms with E-state index in [0.717, 1.165) is 40.3 Å². The summed E-state index contributed by atoms with van der Waals surface area (Å²) < 4.78 is 0. The Labute approximate surface area is 146 Å². The molecule has 0 radical (unpaired) electrons. The van der Waals surface area contributed by atoms with Crippen molar-refractivity contribution < 1.29 is 0 Å². The van der Waals surface area contributed by atoms with Gasteiger partial charge in [0.1, 0.15) is 11.6 Å². The molecule has 24 heavy (non-hydrogen) atoms. The van der Waals surface area contributed by atoms with Crippen molar-refractivity contribution in [2.45, 2.75) is 20.4 Å². The predicted octanol–water partition coefficient (Wildman–Crippen LogP) is 4.02. The number of nitrogens with one attached hydrogen (secondary N) is 1. The fraction of sp³-hybridized carbons (Fsp3) is 0.278. The van der Waals surface area contributed by atoms with Crippen molar-refractivity contribution in [2.75, 3.05) is 19.4 Å². The number of nitrogens with zero attached hydrogens (tertiary/aromatic N) is 4. The highest BCUT2D eigenvalue weighted by Crippen LogP contribution is 2.24. The van der Waals surface area contributed by atoms with Crippen LogP contribution in [0.1, 0.15) is 17.1 Å². The highest BCUT2D eigenvalue weighted by atomic mass is 32.1. The van der Waals surface area contributed by atoms with Crippen LogP contribution < -0.4 is 5.32 Å². The molecular formula is C18H21N5S. The molecule has 0 aliphatic rings. The molecule has 5 nitrogen and oxygen atoms in total. The number of aromatic nitrogens is 3. The highest BCUT2D eigenvalue weighted by molar-refractivity contribution is 7.13. The van der Waals surface area contributed by atoms with Crippen molar-refractivity contribution in [1.29, 1.82) is 0 Å². The van der Waals surface area contributed by atoms with Crippen LogP contribution in [-0.4, -0.2) is 33.9 Å². The van der Waals surface area contributed by atoms with Crippen molar-refractivity contribution in [3.63, 3.8) is 0 Å². The zero-order chi connectivity index (χ0) is 17.1. The molecule has 0 bridgehead atoms. The third-order valence-electron chi connectivity index (χ3n) is 3.45. The summed E-state index contributed by atoms with van der Waals surface area (Å²) in [5.74, 6) is 1.50. The number of thiazole rings is 1. The molecule has 124 valence electrons. The van der Waals surface area contributed by atoms with E-state index in [1.54, 1.807) is 11.3 Å². The van der Waals surface area contributed by atoms with Crippen LogP contribution in [0.4, 0.5) is 10.9 Å². The molecule has 2 heterocycles. The monoisotopic (exact) mass is 339 g/mol. The predicted molar refractivity (Wildman–Crippen MR) is 99.7 cm³/mol. The lowest BCUT2D eigenvalue weighted by atomic mass is 10.1. The van der Waals surface area contributed by atoms with Gasteiger partial charge in [0.05, 0.1) is 11.4 Å². The second kappa shape index (κ2) is 7.07. The summed E-state index contributed by atoms with van der Waals surface area (Å²) in [7, 11) is 4.07. The number of hydrogen-bond donors (Lipinski definition) is 1. The number of benzene rings is 1. The lowest BCUT2D eigenvalue weighted by molar-refractivity contribution is 0.398. The van der Waals surface area contributed by atoms with E-state index in [2.05, 4.69) is 61.7 Å². The molecule has 3 aromatic rings. The molecule has 1 N–H and O–H groups in total. The summed E-state index contributed by atoms with van der Waals surface area (Å²) in [5.41, 5.74) is 4.28. The summed E-state index contributed by atoms with van der Waals surface area (Å²) in [5, 5.41) is 6.21. The number of aryl methyl sites for hydroxylation is 2. The fourth-order valence-corrected chi connectivity index (χ4v) is 3.08. The fourth-order valence-electron chi connectivity index (χ4n) is 2.37. The van der Waals surface area contributed by atoms with Crippen LogP contribution in [-0.2, 0) is 6.54 Å². The van der Waals surface area contributed by atoms with Gasteiger partial charge in [-0.15, -0.1) is 11.3 Å². The van der Waals surface area contributed by atoms with Gasteiger partial charge in [-0.2, -0.15) is 0 Å². The molecule has 1 aromatic carbocycles. The van der Waals surface area contributed by atoms with Gasteiger partial charge in [-0.25, -0.2) is 15.0 Å². The molecule has 6 heteroatoms. The van der Waals surface area contributed by atoms with Gasteiger partial charge in [0.15, 0.2) is 5.13 Å². The average Bonchev–Trinajstić information content (AvgIpc) is 2.93. The van der Waals surface area contributed by atoms with Gasteiger partial charge in [0, 0.05) is 23.6 Å². The average molecular weight is 339 g/mol. The number of rotatable bonds is 5. The first-order valence-corrected chi connectivity index (χ1v) is 8.66. The maximum absolute atomic E-state index is 4.59. The third-order valence-corrected chi connectivity index (χ3v) is 4.26. The molecule has 0 aliphatic carbocycles. The molecule has 0 aliphatic heterocycles. The van der Waals surface area contributed by atoms with E-state index in [1.807, 2.05) is 27.1 Å². The summed E-state index contributed by atoms with van der Waals surface area (Å²) in [6.07, 6.45) is 0. The molecule has 0 spiro atoms. The third kappa shape index (κ3) is 4.15. The van der Waals surface area contributed by atoms with E-state index < -0.39 is 0 Å². The summed E-state index contributed by atoms with van der Waals surface area (Å²) >= 11 is 1.59. The van der Waals surface area contributed by atoms with Crippen LogP contribution in [0.2, 0.25) is 0 Å². The largest absolute Gasteiger partial charge is 0.316 e. The van der Waals surface area contributed by atoms with Gasteiger partial charge in [-0.3, -0.25) is 0 Å². The Hall–Kier alpha value is -2.31. The molecule has 3 rings (SSSR count). The van der Waals surface area contributed by atoms with E-state index in [4.69, 9.17) is 0 Å². The molecule has 0 atom stereocenters. The number of anilines is 2. The summed E-state index contributed by atoms with van der Waals surface area (Å²) in [4.78, 5) is 15.7. The maximum atomic E-state index is 4.59. The second-order valence-electron chi connectivity index (χ2n) is 6.06. The Bertz CT molecular complexity index is 824. The normalized spacial score (nSPS) is 11.0. The van der Waals surface area contributed by atoms with Gasteiger partial charge in [-0.1, -0.05) is 29.8 Å². The van der Waals surface area contributed by atoms with Crippen LogP contribution in [0.15, 0.2) is 35.7 Å². The van der Waals surface area contributed by atoms with E-state index in [-0.39, 0.29) is 0 Å². The first kappa shape index (κ1) is 16.5. The minimum atomic E-state index is 0.737. The van der Waals surface area contributed by atoms with E-state index in [9.17, 15) is 0 Å². The molecular weight excluding hydrogens is 318 g/mol. The molecule has 0 saturated carbocycles. The van der Waals surface area contributed by atoms with Gasteiger partial charge in [0.25, 0.3) is 0 Å². The summed E-state index contributed by atoms with van der Waals surface area (Å²) in [6.45, 7) is 4.81. The van der Waals surface area contributed by atoms with Crippen molar-refractivity contribution in [3.05, 3.63) is 52.8 Å². The van der Waals surface area contributed by atoms with Crippen molar-refractivity contribution in [3.8, 4) is 11.3 Å². The van der Waals surface area contributed by atoms with Crippen molar-refractivity contribution in [1.82, 2.24) is 19.9 Å². The van der Waals surface area contributed by atoms with Crippen molar-refractivity contribution >= 4 is 22.3 Å². The van der Waals surface area contributed by atoms with Crippen LogP contribution in [0.3, 0.4) is 0 Å². The number of hydrogen-bond acceptors (Lipinski definition) is 6. The molecule has 0 unspecified atom stereocenters. The smallest absolute Gasteiger partial charge is 0.188 e. The van der Waals surface area contributed by atoms with Gasteiger partial charge in [0.2, 0.25) is 0 Å². The second-order valence-corrected chi connectivity index (χ2v) is 6.92. The molecule has 0 saturated heterocycles. The topological polar surface area (TPSA) is 53.9 Å². The zero-order valence-corrected chi connectivity index (χ0v) is 15.2. The van der Waals surface area contributed by atoms with Crippen LogP contribution >= 0.6 is 11.3 Å². The Morgan fingerprint density at radius 1 is 1.04 bits per heavy atom. The van der Waals surface area contributed by atoms with Gasteiger partial charge < -0.3 is 10.2 Å². The zero-order valence-electron chi connectivity index (χ0n) is 14.4. The maximum Gasteiger partial charge on any atom is 0.188 e. The lowest BCUT2D eigenvalue weighted by Gasteiger charge is -2.08. The standard InChI is InChI=1S/C18H21N5S/c1-12-5-7-14(8-6-12)16-9-17(20-13(2)19-16)22-18-21-15(11-24-18)10-23(3)4/h5-9,11H,10H2,1-4H3,(H,19,20,21,22). The minimum Gasteiger partial charge on any atom is -0.316 e. The van der Waals surface area contributed by atoms with Crippen LogP contribution in [0, 0.1) is 13.8 Å². The highest BCUT2D eigenvalue weighted by Gasteiger charge is 2.08. The van der Waals surface area contributed by atoms with E-state index in [1.165, 1.54) is 5.56 Å². The first-order valence-electron chi connectivity index (χ1n) is 7.78. The molecule has 2 aromatic heterocycles. The Morgan fingerprint density at radius 3 is 2.50 bits per heavy atom. The van der Waals surface area contributed by atoms with Crippen LogP contribution in [0.25, 0.3) is 11.3 Å². The molecule has 0 fully saturated rings. The van der Waals surface area contributed by atoms with E-state index >= 15 is 0 Å². The van der Waals surface area contributed by atoms with Gasteiger partial charge >= 0.3 is 0 Å².